The number of hydrogen-bond acceptors (Lipinski definition) is 5. The maximum Gasteiger partial charge on any atom is 0.430 e. The molecule has 4 N–H and O–H groups in total. The summed E-state index contributed by atoms with van der Waals surface area (Å²) >= 11 is 0. The minimum atomic E-state index is -5.97. The highest BCUT2D eigenvalue weighted by atomic mass is 19.4. The zero-order valence-electron chi connectivity index (χ0n) is 22.5. The Morgan fingerprint density at radius 1 is 0.952 bits per heavy atom. The number of benzene rings is 2. The Balaban J connectivity index is 1.56. The molecule has 0 saturated carbocycles. The van der Waals surface area contributed by atoms with Crippen molar-refractivity contribution in [3.8, 4) is 0 Å². The lowest BCUT2D eigenvalue weighted by Crippen LogP contribution is -2.53. The van der Waals surface area contributed by atoms with Gasteiger partial charge in [0.05, 0.1) is 18.3 Å². The molecule has 0 unspecified atom stereocenters. The van der Waals surface area contributed by atoms with E-state index in [0.29, 0.717) is 37.2 Å². The van der Waals surface area contributed by atoms with Gasteiger partial charge in [-0.25, -0.2) is 9.18 Å². The smallest absolute Gasteiger partial charge is 0.394 e. The van der Waals surface area contributed by atoms with E-state index >= 15 is 0 Å². The number of amides is 3. The number of carbonyl (C=O) groups is 2. The van der Waals surface area contributed by atoms with Crippen LogP contribution in [0.1, 0.15) is 41.3 Å². The number of nitrogens with zero attached hydrogens (tertiary/aromatic N) is 2. The predicted molar refractivity (Wildman–Crippen MR) is 138 cm³/mol. The summed E-state index contributed by atoms with van der Waals surface area (Å²) in [7, 11) is 0. The van der Waals surface area contributed by atoms with Gasteiger partial charge in [0.2, 0.25) is 0 Å². The molecule has 3 rings (SSSR count). The molecule has 0 aromatic heterocycles. The fourth-order valence-electron chi connectivity index (χ4n) is 4.54. The average molecular weight is 609 g/mol. The Kier molecular flexibility index (Phi) is 10.4. The molecule has 1 aliphatic rings. The second-order valence-electron chi connectivity index (χ2n) is 9.93. The Labute approximate surface area is 237 Å². The maximum absolute atomic E-state index is 14.6. The fourth-order valence-corrected chi connectivity index (χ4v) is 4.54. The van der Waals surface area contributed by atoms with E-state index in [-0.39, 0.29) is 37.5 Å². The molecule has 1 atom stereocenters. The summed E-state index contributed by atoms with van der Waals surface area (Å²) in [6, 6.07) is 5.71. The Morgan fingerprint density at radius 2 is 1.55 bits per heavy atom. The van der Waals surface area contributed by atoms with Crippen LogP contribution in [-0.2, 0) is 12.1 Å². The van der Waals surface area contributed by atoms with E-state index < -0.39 is 47.3 Å². The summed E-state index contributed by atoms with van der Waals surface area (Å²) in [5, 5.41) is 23.7. The lowest BCUT2D eigenvalue weighted by molar-refractivity contribution is -0.376. The number of urea groups is 1. The van der Waals surface area contributed by atoms with E-state index in [1.807, 2.05) is 11.8 Å². The largest absolute Gasteiger partial charge is 0.430 e. The van der Waals surface area contributed by atoms with Crippen LogP contribution < -0.4 is 10.6 Å². The van der Waals surface area contributed by atoms with Crippen molar-refractivity contribution in [1.29, 1.82) is 0 Å². The first-order valence-corrected chi connectivity index (χ1v) is 13.1. The molecular weight excluding hydrogens is 577 g/mol. The minimum Gasteiger partial charge on any atom is -0.394 e. The molecule has 0 bridgehead atoms. The first-order chi connectivity index (χ1) is 19.6. The Bertz CT molecular complexity index is 1220. The number of aliphatic hydroxyl groups is 2. The van der Waals surface area contributed by atoms with Crippen LogP contribution in [0, 0.1) is 5.82 Å². The highest BCUT2D eigenvalue weighted by Crippen LogP contribution is 2.50. The van der Waals surface area contributed by atoms with E-state index in [9.17, 15) is 50.5 Å². The molecule has 2 aromatic rings. The van der Waals surface area contributed by atoms with Gasteiger partial charge in [-0.1, -0.05) is 37.6 Å². The molecule has 8 nitrogen and oxygen atoms in total. The fraction of sp³-hybridized carbons (Fsp3) is 0.481. The van der Waals surface area contributed by atoms with Crippen molar-refractivity contribution in [2.24, 2.45) is 0 Å². The van der Waals surface area contributed by atoms with Gasteiger partial charge in [0.15, 0.2) is 0 Å². The van der Waals surface area contributed by atoms with Crippen molar-refractivity contribution in [1.82, 2.24) is 15.1 Å². The monoisotopic (exact) mass is 608 g/mol. The lowest BCUT2D eigenvalue weighted by Gasteiger charge is -2.35. The molecule has 3 amide bonds. The van der Waals surface area contributed by atoms with Crippen LogP contribution in [0.25, 0.3) is 0 Å². The van der Waals surface area contributed by atoms with Gasteiger partial charge in [0.25, 0.3) is 11.5 Å². The first-order valence-electron chi connectivity index (χ1n) is 13.1. The number of hydrogen-bond donors (Lipinski definition) is 4. The predicted octanol–water partition coefficient (Wildman–Crippen LogP) is 4.38. The summed E-state index contributed by atoms with van der Waals surface area (Å²) in [6.07, 6.45) is -10.7. The van der Waals surface area contributed by atoms with Crippen LogP contribution in [0.15, 0.2) is 42.5 Å². The van der Waals surface area contributed by atoms with E-state index in [4.69, 9.17) is 0 Å². The molecule has 2 aromatic carbocycles. The standard InChI is InChI=1S/C27H31F7N4O4/c1-2-3-20(16-39)35-24(41)36-22-9-6-18(14-21(22)28)23(40)38-12-10-37(11-13-38)15-17-4-7-19(8-5-17)25(42,26(29,30)31)27(32,33)34/h4-9,14,20,39,42H,2-3,10-13,15-16H2,1H3,(H2,35,36,41)/t20-/m0/s1. The van der Waals surface area contributed by atoms with Crippen molar-refractivity contribution >= 4 is 17.6 Å². The summed E-state index contributed by atoms with van der Waals surface area (Å²) in [5.74, 6) is -1.30. The Morgan fingerprint density at radius 3 is 2.05 bits per heavy atom. The molecule has 1 fully saturated rings. The SMILES string of the molecule is CCC[C@@H](CO)NC(=O)Nc1ccc(C(=O)N2CCN(Cc3ccc(C(O)(C(F)(F)F)C(F)(F)F)cc3)CC2)cc1F. The van der Waals surface area contributed by atoms with Crippen LogP contribution in [0.4, 0.5) is 41.2 Å². The van der Waals surface area contributed by atoms with Gasteiger partial charge in [-0.15, -0.1) is 0 Å². The van der Waals surface area contributed by atoms with Gasteiger partial charge in [-0.05, 0) is 30.2 Å². The van der Waals surface area contributed by atoms with Gasteiger partial charge in [0, 0.05) is 43.9 Å². The molecule has 232 valence electrons. The van der Waals surface area contributed by atoms with E-state index in [1.165, 1.54) is 17.0 Å². The van der Waals surface area contributed by atoms with E-state index in [0.717, 1.165) is 24.6 Å². The molecule has 1 aliphatic heterocycles. The highest BCUT2D eigenvalue weighted by Gasteiger charge is 2.71. The summed E-state index contributed by atoms with van der Waals surface area (Å²) in [4.78, 5) is 28.3. The van der Waals surface area contributed by atoms with Crippen molar-refractivity contribution < 1.29 is 50.5 Å². The zero-order chi connectivity index (χ0) is 31.3. The molecule has 0 aliphatic carbocycles. The van der Waals surface area contributed by atoms with Crippen molar-refractivity contribution in [2.45, 2.75) is 50.3 Å². The molecule has 15 heteroatoms. The van der Waals surface area contributed by atoms with Crippen molar-refractivity contribution in [3.05, 3.63) is 65.0 Å². The third-order valence-electron chi connectivity index (χ3n) is 6.91. The number of piperazine rings is 1. The van der Waals surface area contributed by atoms with Gasteiger partial charge in [-0.2, -0.15) is 26.3 Å². The van der Waals surface area contributed by atoms with Crippen LogP contribution in [0.2, 0.25) is 0 Å². The first kappa shape index (κ1) is 33.1. The lowest BCUT2D eigenvalue weighted by atomic mass is 9.91. The number of halogens is 7. The number of rotatable bonds is 9. The molecule has 0 spiro atoms. The average Bonchev–Trinajstić information content (AvgIpc) is 2.92. The number of alkyl halides is 6. The second-order valence-corrected chi connectivity index (χ2v) is 9.93. The normalized spacial score (nSPS) is 15.8. The molecule has 1 saturated heterocycles. The maximum atomic E-state index is 14.6. The third-order valence-corrected chi connectivity index (χ3v) is 6.91. The van der Waals surface area contributed by atoms with Crippen molar-refractivity contribution in [2.75, 3.05) is 38.1 Å². The Hall–Kier alpha value is -3.43. The summed E-state index contributed by atoms with van der Waals surface area (Å²) < 4.78 is 93.2. The molecule has 0 radical (unpaired) electrons. The minimum absolute atomic E-state index is 0.0449. The summed E-state index contributed by atoms with van der Waals surface area (Å²) in [6.45, 7) is 2.89. The van der Waals surface area contributed by atoms with Gasteiger partial charge >= 0.3 is 18.4 Å². The number of aliphatic hydroxyl groups excluding tert-OH is 1. The van der Waals surface area contributed by atoms with Gasteiger partial charge in [0.1, 0.15) is 5.82 Å². The second kappa shape index (κ2) is 13.3. The van der Waals surface area contributed by atoms with Crippen LogP contribution in [0.3, 0.4) is 0 Å². The van der Waals surface area contributed by atoms with Crippen LogP contribution in [0.5, 0.6) is 0 Å². The summed E-state index contributed by atoms with van der Waals surface area (Å²) in [5.41, 5.74) is -6.05. The third kappa shape index (κ3) is 7.50. The zero-order valence-corrected chi connectivity index (χ0v) is 22.5. The van der Waals surface area contributed by atoms with Crippen LogP contribution in [-0.4, -0.2) is 83.1 Å². The number of nitrogens with one attached hydrogen (secondary N) is 2. The molecule has 42 heavy (non-hydrogen) atoms. The highest BCUT2D eigenvalue weighted by molar-refractivity contribution is 5.95. The van der Waals surface area contributed by atoms with E-state index in [2.05, 4.69) is 10.6 Å². The van der Waals surface area contributed by atoms with Crippen LogP contribution >= 0.6 is 0 Å². The molecule has 1 heterocycles. The number of anilines is 1. The van der Waals surface area contributed by atoms with Gasteiger partial charge in [-0.3, -0.25) is 9.69 Å². The van der Waals surface area contributed by atoms with E-state index in [1.54, 1.807) is 0 Å². The number of carbonyl (C=O) groups excluding carboxylic acids is 2. The quantitative estimate of drug-likeness (QED) is 0.317. The topological polar surface area (TPSA) is 105 Å². The molecular formula is C27H31F7N4O4. The van der Waals surface area contributed by atoms with Crippen molar-refractivity contribution in [3.63, 3.8) is 0 Å². The van der Waals surface area contributed by atoms with Gasteiger partial charge < -0.3 is 25.7 Å².